The molecule has 0 saturated heterocycles. The van der Waals surface area contributed by atoms with Gasteiger partial charge in [-0.25, -0.2) is 14.6 Å². The van der Waals surface area contributed by atoms with Gasteiger partial charge in [-0.1, -0.05) is 11.8 Å². The topological polar surface area (TPSA) is 82.5 Å². The van der Waals surface area contributed by atoms with E-state index in [9.17, 15) is 0 Å². The van der Waals surface area contributed by atoms with Gasteiger partial charge in [-0.3, -0.25) is 0 Å². The number of fused-ring (bicyclic) bond motifs is 1. The number of anilines is 1. The lowest BCUT2D eigenvalue weighted by atomic mass is 10.1. The van der Waals surface area contributed by atoms with Crippen LogP contribution >= 0.6 is 11.3 Å². The largest absolute Gasteiger partial charge is 0.368 e. The minimum absolute atomic E-state index is 0.0963. The molecule has 4 aromatic rings. The molecular weight excluding hydrogens is 344 g/mol. The van der Waals surface area contributed by atoms with Gasteiger partial charge < -0.3 is 5.73 Å². The van der Waals surface area contributed by atoms with E-state index in [-0.39, 0.29) is 11.9 Å². The lowest BCUT2D eigenvalue weighted by Crippen LogP contribution is -2.03. The molecule has 0 spiro atoms. The molecule has 0 fully saturated rings. The average molecular weight is 360 g/mol. The van der Waals surface area contributed by atoms with Crippen molar-refractivity contribution < 1.29 is 0 Å². The highest BCUT2D eigenvalue weighted by Crippen LogP contribution is 2.23. The first-order valence-electron chi connectivity index (χ1n) is 8.11. The molecule has 0 saturated carbocycles. The summed E-state index contributed by atoms with van der Waals surface area (Å²) < 4.78 is 1.78. The number of nitrogens with zero attached hydrogens (tertiary/aromatic N) is 5. The third kappa shape index (κ3) is 3.03. The molecule has 7 heteroatoms. The number of benzene rings is 1. The molecule has 2 N–H and O–H groups in total. The van der Waals surface area contributed by atoms with Crippen molar-refractivity contribution in [3.05, 3.63) is 58.3 Å². The molecule has 0 amide bonds. The fourth-order valence-corrected chi connectivity index (χ4v) is 3.35. The van der Waals surface area contributed by atoms with Crippen molar-refractivity contribution in [3.63, 3.8) is 0 Å². The lowest BCUT2D eigenvalue weighted by molar-refractivity contribution is 0.853. The summed E-state index contributed by atoms with van der Waals surface area (Å²) in [5.41, 5.74) is 8.50. The molecule has 0 aliphatic rings. The number of nitrogens with two attached hydrogens (primary N) is 1. The molecule has 0 aliphatic carbocycles. The number of aryl methyl sites for hydroxylation is 1. The van der Waals surface area contributed by atoms with Crippen LogP contribution in [0.4, 0.5) is 5.95 Å². The van der Waals surface area contributed by atoms with Crippen molar-refractivity contribution in [2.24, 2.45) is 0 Å². The number of hydrogen-bond acceptors (Lipinski definition) is 6. The maximum atomic E-state index is 5.71. The van der Waals surface area contributed by atoms with E-state index in [2.05, 4.69) is 38.8 Å². The first-order valence-corrected chi connectivity index (χ1v) is 8.99. The Morgan fingerprint density at radius 1 is 1.19 bits per heavy atom. The zero-order valence-corrected chi connectivity index (χ0v) is 15.2. The van der Waals surface area contributed by atoms with Crippen molar-refractivity contribution in [1.82, 2.24) is 24.7 Å². The van der Waals surface area contributed by atoms with Crippen LogP contribution in [0.15, 0.2) is 42.0 Å². The van der Waals surface area contributed by atoms with Crippen molar-refractivity contribution >= 4 is 28.2 Å². The van der Waals surface area contributed by atoms with Crippen LogP contribution in [-0.2, 0) is 0 Å². The van der Waals surface area contributed by atoms with Crippen LogP contribution in [0, 0.1) is 18.8 Å². The van der Waals surface area contributed by atoms with E-state index in [4.69, 9.17) is 5.73 Å². The number of hydrogen-bond donors (Lipinski definition) is 1. The van der Waals surface area contributed by atoms with Crippen molar-refractivity contribution in [1.29, 1.82) is 0 Å². The summed E-state index contributed by atoms with van der Waals surface area (Å²) in [7, 11) is 0. The van der Waals surface area contributed by atoms with Crippen LogP contribution in [0.25, 0.3) is 16.7 Å². The second-order valence-corrected chi connectivity index (χ2v) is 6.79. The molecule has 0 aliphatic heterocycles. The molecule has 0 bridgehead atoms. The smallest absolute Gasteiger partial charge is 0.221 e. The summed E-state index contributed by atoms with van der Waals surface area (Å²) >= 11 is 1.62. The van der Waals surface area contributed by atoms with Crippen LogP contribution < -0.4 is 5.73 Å². The summed E-state index contributed by atoms with van der Waals surface area (Å²) in [4.78, 5) is 12.5. The minimum atomic E-state index is 0.0963. The minimum Gasteiger partial charge on any atom is -0.368 e. The fraction of sp³-hybridized carbons (Fsp3) is 0.158. The van der Waals surface area contributed by atoms with Crippen LogP contribution in [0.1, 0.15) is 29.1 Å². The van der Waals surface area contributed by atoms with Gasteiger partial charge in [-0.2, -0.15) is 10.1 Å². The third-order valence-corrected chi connectivity index (χ3v) is 4.96. The SMILES string of the molecule is Cc1nn(-c2ccnc(N)n2)c2cc(C#C[C@H](C)c3nccs3)ccc12. The molecule has 128 valence electrons. The zero-order chi connectivity index (χ0) is 18.1. The molecule has 0 radical (unpaired) electrons. The summed E-state index contributed by atoms with van der Waals surface area (Å²) in [6.45, 7) is 4.03. The Morgan fingerprint density at radius 2 is 2.08 bits per heavy atom. The standard InChI is InChI=1S/C19H16N6S/c1-12(18-21-9-10-26-18)3-4-14-5-6-15-13(2)24-25(16(15)11-14)17-7-8-22-19(20)23-17/h5-12H,1-2H3,(H2,20,22,23)/t12-/m0/s1. The fourth-order valence-electron chi connectivity index (χ4n) is 2.71. The van der Waals surface area contributed by atoms with Crippen LogP contribution in [0.5, 0.6) is 0 Å². The Hall–Kier alpha value is -3.24. The van der Waals surface area contributed by atoms with E-state index in [1.807, 2.05) is 30.5 Å². The molecule has 1 atom stereocenters. The van der Waals surface area contributed by atoms with Gasteiger partial charge in [0.1, 0.15) is 5.01 Å². The number of rotatable bonds is 2. The van der Waals surface area contributed by atoms with Crippen molar-refractivity contribution in [2.75, 3.05) is 5.73 Å². The van der Waals surface area contributed by atoms with E-state index in [1.165, 1.54) is 0 Å². The highest BCUT2D eigenvalue weighted by atomic mass is 32.1. The first kappa shape index (κ1) is 16.2. The normalized spacial score (nSPS) is 11.9. The van der Waals surface area contributed by atoms with Gasteiger partial charge in [-0.15, -0.1) is 11.3 Å². The van der Waals surface area contributed by atoms with Crippen molar-refractivity contribution in [2.45, 2.75) is 19.8 Å². The van der Waals surface area contributed by atoms with Gasteiger partial charge >= 0.3 is 0 Å². The monoisotopic (exact) mass is 360 g/mol. The van der Waals surface area contributed by atoms with Crippen molar-refractivity contribution in [3.8, 4) is 17.7 Å². The molecule has 4 rings (SSSR count). The second-order valence-electron chi connectivity index (χ2n) is 5.86. The zero-order valence-electron chi connectivity index (χ0n) is 14.3. The maximum Gasteiger partial charge on any atom is 0.221 e. The number of thiazole rings is 1. The Morgan fingerprint density at radius 3 is 2.85 bits per heavy atom. The predicted molar refractivity (Wildman–Crippen MR) is 103 cm³/mol. The van der Waals surface area contributed by atoms with Crippen LogP contribution in [-0.4, -0.2) is 24.7 Å². The van der Waals surface area contributed by atoms with Gasteiger partial charge in [-0.05, 0) is 32.0 Å². The van der Waals surface area contributed by atoms with Crippen LogP contribution in [0.3, 0.4) is 0 Å². The molecule has 26 heavy (non-hydrogen) atoms. The van der Waals surface area contributed by atoms with Gasteiger partial charge in [0.05, 0.1) is 17.1 Å². The summed E-state index contributed by atoms with van der Waals surface area (Å²) in [6.07, 6.45) is 3.43. The maximum absolute atomic E-state index is 5.71. The summed E-state index contributed by atoms with van der Waals surface area (Å²) in [5, 5.41) is 8.64. The quantitative estimate of drug-likeness (QED) is 0.555. The number of aromatic nitrogens is 5. The molecule has 3 aromatic heterocycles. The van der Waals surface area contributed by atoms with E-state index in [0.717, 1.165) is 27.2 Å². The van der Waals surface area contributed by atoms with E-state index >= 15 is 0 Å². The summed E-state index contributed by atoms with van der Waals surface area (Å²) in [5.74, 6) is 7.46. The van der Waals surface area contributed by atoms with E-state index < -0.39 is 0 Å². The second kappa shape index (κ2) is 6.58. The molecular formula is C19H16N6S. The molecule has 1 aromatic carbocycles. The predicted octanol–water partition coefficient (Wildman–Crippen LogP) is 3.32. The van der Waals surface area contributed by atoms with Gasteiger partial charge in [0.15, 0.2) is 5.82 Å². The Kier molecular flexibility index (Phi) is 4.11. The Bertz CT molecular complexity index is 1130. The van der Waals surface area contributed by atoms with E-state index in [1.54, 1.807) is 34.5 Å². The van der Waals surface area contributed by atoms with Gasteiger partial charge in [0.2, 0.25) is 5.95 Å². The van der Waals surface area contributed by atoms with Crippen LogP contribution in [0.2, 0.25) is 0 Å². The Balaban J connectivity index is 1.76. The highest BCUT2D eigenvalue weighted by Gasteiger charge is 2.11. The lowest BCUT2D eigenvalue weighted by Gasteiger charge is -2.03. The first-order chi connectivity index (χ1) is 12.6. The summed E-state index contributed by atoms with van der Waals surface area (Å²) in [6, 6.07) is 7.86. The van der Waals surface area contributed by atoms with E-state index in [0.29, 0.717) is 5.82 Å². The highest BCUT2D eigenvalue weighted by molar-refractivity contribution is 7.09. The molecule has 0 unspecified atom stereocenters. The number of nitrogen functional groups attached to an aromatic ring is 1. The average Bonchev–Trinajstić information content (AvgIpc) is 3.28. The van der Waals surface area contributed by atoms with Gasteiger partial charge in [0, 0.05) is 34.8 Å². The molecule has 6 nitrogen and oxygen atoms in total. The van der Waals surface area contributed by atoms with Gasteiger partial charge in [0.25, 0.3) is 0 Å². The Labute approximate surface area is 154 Å². The molecule has 3 heterocycles. The third-order valence-electron chi connectivity index (χ3n) is 4.00.